The standard InChI is InChI=1S/C12H24N2O4/c1-5-14(7-6-12(16)18-4)8-11(15)13-10(2)9-17-3/h10H,5-9H2,1-4H3,(H,13,15). The van der Waals surface area contributed by atoms with Crippen molar-refractivity contribution in [2.24, 2.45) is 0 Å². The highest BCUT2D eigenvalue weighted by molar-refractivity contribution is 5.78. The van der Waals surface area contributed by atoms with Crippen LogP contribution in [0.4, 0.5) is 0 Å². The molecule has 0 fully saturated rings. The zero-order chi connectivity index (χ0) is 14.0. The number of carbonyl (C=O) groups excluding carboxylic acids is 2. The van der Waals surface area contributed by atoms with Crippen molar-refractivity contribution in [3.63, 3.8) is 0 Å². The van der Waals surface area contributed by atoms with Crippen LogP contribution < -0.4 is 5.32 Å². The van der Waals surface area contributed by atoms with Gasteiger partial charge in [0.05, 0.1) is 26.7 Å². The van der Waals surface area contributed by atoms with Gasteiger partial charge in [0, 0.05) is 19.7 Å². The molecule has 6 heteroatoms. The second-order valence-corrected chi connectivity index (χ2v) is 4.12. The van der Waals surface area contributed by atoms with Crippen molar-refractivity contribution in [1.29, 1.82) is 0 Å². The van der Waals surface area contributed by atoms with Crippen molar-refractivity contribution in [3.05, 3.63) is 0 Å². The molecule has 1 N–H and O–H groups in total. The Morgan fingerprint density at radius 2 is 2.00 bits per heavy atom. The minimum absolute atomic E-state index is 0.0122. The summed E-state index contributed by atoms with van der Waals surface area (Å²) in [6.07, 6.45) is 0.297. The van der Waals surface area contributed by atoms with Gasteiger partial charge in [0.15, 0.2) is 0 Å². The Kier molecular flexibility index (Phi) is 9.22. The van der Waals surface area contributed by atoms with Crippen LogP contribution in [0.3, 0.4) is 0 Å². The highest BCUT2D eigenvalue weighted by Gasteiger charge is 2.12. The van der Waals surface area contributed by atoms with E-state index in [4.69, 9.17) is 4.74 Å². The van der Waals surface area contributed by atoms with Crippen molar-refractivity contribution in [3.8, 4) is 0 Å². The predicted molar refractivity (Wildman–Crippen MR) is 68.2 cm³/mol. The minimum atomic E-state index is -0.262. The maximum atomic E-state index is 11.7. The summed E-state index contributed by atoms with van der Waals surface area (Å²) in [6, 6.07) is -0.0122. The number of hydrogen-bond donors (Lipinski definition) is 1. The van der Waals surface area contributed by atoms with Crippen LogP contribution in [0.25, 0.3) is 0 Å². The van der Waals surface area contributed by atoms with Gasteiger partial charge in [0.1, 0.15) is 0 Å². The maximum Gasteiger partial charge on any atom is 0.306 e. The van der Waals surface area contributed by atoms with Crippen LogP contribution in [0.2, 0.25) is 0 Å². The second-order valence-electron chi connectivity index (χ2n) is 4.12. The second kappa shape index (κ2) is 9.85. The van der Waals surface area contributed by atoms with Crippen LogP contribution in [-0.4, -0.2) is 63.3 Å². The molecule has 0 aromatic carbocycles. The topological polar surface area (TPSA) is 67.9 Å². The van der Waals surface area contributed by atoms with E-state index in [0.717, 1.165) is 0 Å². The fourth-order valence-electron chi connectivity index (χ4n) is 1.52. The molecular weight excluding hydrogens is 236 g/mol. The van der Waals surface area contributed by atoms with Gasteiger partial charge in [-0.05, 0) is 13.5 Å². The van der Waals surface area contributed by atoms with Gasteiger partial charge in [-0.3, -0.25) is 14.5 Å². The summed E-state index contributed by atoms with van der Waals surface area (Å²) >= 11 is 0. The minimum Gasteiger partial charge on any atom is -0.469 e. The Morgan fingerprint density at radius 1 is 1.33 bits per heavy atom. The molecule has 0 spiro atoms. The van der Waals surface area contributed by atoms with Gasteiger partial charge in [-0.25, -0.2) is 0 Å². The number of amides is 1. The van der Waals surface area contributed by atoms with Crippen LogP contribution in [0.1, 0.15) is 20.3 Å². The summed E-state index contributed by atoms with van der Waals surface area (Å²) in [5.74, 6) is -0.326. The zero-order valence-corrected chi connectivity index (χ0v) is 11.7. The van der Waals surface area contributed by atoms with Crippen molar-refractivity contribution >= 4 is 11.9 Å². The Labute approximate surface area is 109 Å². The molecule has 0 radical (unpaired) electrons. The van der Waals surface area contributed by atoms with E-state index in [2.05, 4.69) is 10.1 Å². The number of methoxy groups -OCH3 is 2. The first-order chi connectivity index (χ1) is 8.53. The molecule has 1 amide bonds. The highest BCUT2D eigenvalue weighted by atomic mass is 16.5. The number of ether oxygens (including phenoxy) is 2. The molecule has 0 heterocycles. The smallest absolute Gasteiger partial charge is 0.306 e. The molecule has 18 heavy (non-hydrogen) atoms. The molecule has 0 aliphatic carbocycles. The molecule has 6 nitrogen and oxygen atoms in total. The number of esters is 1. The number of likely N-dealkylation sites (N-methyl/N-ethyl adjacent to an activating group) is 1. The van der Waals surface area contributed by atoms with Crippen LogP contribution in [-0.2, 0) is 19.1 Å². The van der Waals surface area contributed by atoms with E-state index in [1.807, 2.05) is 18.7 Å². The average Bonchev–Trinajstić information content (AvgIpc) is 2.33. The number of carbonyl (C=O) groups is 2. The van der Waals surface area contributed by atoms with E-state index in [1.54, 1.807) is 7.11 Å². The summed E-state index contributed by atoms with van der Waals surface area (Å²) < 4.78 is 9.50. The van der Waals surface area contributed by atoms with E-state index in [9.17, 15) is 9.59 Å². The lowest BCUT2D eigenvalue weighted by atomic mass is 10.3. The number of hydrogen-bond acceptors (Lipinski definition) is 5. The summed E-state index contributed by atoms with van der Waals surface area (Å²) in [6.45, 7) is 5.83. The quantitative estimate of drug-likeness (QED) is 0.592. The Hall–Kier alpha value is -1.14. The molecule has 0 saturated carbocycles. The zero-order valence-electron chi connectivity index (χ0n) is 11.7. The maximum absolute atomic E-state index is 11.7. The van der Waals surface area contributed by atoms with E-state index in [0.29, 0.717) is 26.1 Å². The molecule has 0 saturated heterocycles. The van der Waals surface area contributed by atoms with Crippen molar-refractivity contribution in [2.75, 3.05) is 40.5 Å². The Morgan fingerprint density at radius 3 is 2.50 bits per heavy atom. The molecule has 0 aromatic rings. The number of nitrogens with zero attached hydrogens (tertiary/aromatic N) is 1. The van der Waals surface area contributed by atoms with Gasteiger partial charge in [-0.2, -0.15) is 0 Å². The number of nitrogens with one attached hydrogen (secondary N) is 1. The molecule has 106 valence electrons. The van der Waals surface area contributed by atoms with E-state index >= 15 is 0 Å². The third kappa shape index (κ3) is 8.03. The van der Waals surface area contributed by atoms with E-state index in [1.165, 1.54) is 7.11 Å². The van der Waals surface area contributed by atoms with Gasteiger partial charge in [0.25, 0.3) is 0 Å². The molecular formula is C12H24N2O4. The molecule has 1 atom stereocenters. The monoisotopic (exact) mass is 260 g/mol. The van der Waals surface area contributed by atoms with Crippen LogP contribution in [0.15, 0.2) is 0 Å². The molecule has 0 aliphatic rings. The van der Waals surface area contributed by atoms with Gasteiger partial charge in [-0.15, -0.1) is 0 Å². The lowest BCUT2D eigenvalue weighted by Crippen LogP contribution is -2.43. The fourth-order valence-corrected chi connectivity index (χ4v) is 1.52. The fraction of sp³-hybridized carbons (Fsp3) is 0.833. The molecule has 1 unspecified atom stereocenters. The third-order valence-electron chi connectivity index (χ3n) is 2.50. The van der Waals surface area contributed by atoms with Gasteiger partial charge < -0.3 is 14.8 Å². The van der Waals surface area contributed by atoms with Gasteiger partial charge in [-0.1, -0.05) is 6.92 Å². The van der Waals surface area contributed by atoms with Crippen molar-refractivity contribution in [1.82, 2.24) is 10.2 Å². The normalized spacial score (nSPS) is 12.3. The van der Waals surface area contributed by atoms with Gasteiger partial charge in [0.2, 0.25) is 5.91 Å². The van der Waals surface area contributed by atoms with Crippen LogP contribution in [0.5, 0.6) is 0 Å². The van der Waals surface area contributed by atoms with Crippen molar-refractivity contribution in [2.45, 2.75) is 26.3 Å². The SMILES string of the molecule is CCN(CCC(=O)OC)CC(=O)NC(C)COC. The molecule has 0 aromatic heterocycles. The summed E-state index contributed by atoms with van der Waals surface area (Å²) in [7, 11) is 2.95. The predicted octanol–water partition coefficient (Wildman–Crippen LogP) is 0.0225. The largest absolute Gasteiger partial charge is 0.469 e. The lowest BCUT2D eigenvalue weighted by Gasteiger charge is -2.20. The van der Waals surface area contributed by atoms with Crippen LogP contribution in [0, 0.1) is 0 Å². The summed E-state index contributed by atoms with van der Waals surface area (Å²) in [5.41, 5.74) is 0. The first-order valence-electron chi connectivity index (χ1n) is 6.10. The Bertz CT molecular complexity index is 258. The summed E-state index contributed by atoms with van der Waals surface area (Å²) in [4.78, 5) is 24.6. The van der Waals surface area contributed by atoms with Crippen molar-refractivity contribution < 1.29 is 19.1 Å². The van der Waals surface area contributed by atoms with E-state index in [-0.39, 0.29) is 24.5 Å². The first kappa shape index (κ1) is 16.9. The van der Waals surface area contributed by atoms with Crippen LogP contribution >= 0.6 is 0 Å². The van der Waals surface area contributed by atoms with Gasteiger partial charge >= 0.3 is 5.97 Å². The number of rotatable bonds is 9. The molecule has 0 rings (SSSR count). The molecule has 0 bridgehead atoms. The molecule has 0 aliphatic heterocycles. The lowest BCUT2D eigenvalue weighted by molar-refractivity contribution is -0.141. The first-order valence-corrected chi connectivity index (χ1v) is 6.10. The van der Waals surface area contributed by atoms with E-state index < -0.39 is 0 Å². The highest BCUT2D eigenvalue weighted by Crippen LogP contribution is 1.94. The third-order valence-corrected chi connectivity index (χ3v) is 2.50. The Balaban J connectivity index is 3.96. The summed E-state index contributed by atoms with van der Waals surface area (Å²) in [5, 5.41) is 2.83. The average molecular weight is 260 g/mol.